The molecule has 4 rings (SSSR count). The van der Waals surface area contributed by atoms with Gasteiger partial charge in [-0.25, -0.2) is 4.79 Å². The Labute approximate surface area is 148 Å². The van der Waals surface area contributed by atoms with Gasteiger partial charge in [-0.2, -0.15) is 0 Å². The summed E-state index contributed by atoms with van der Waals surface area (Å²) in [6, 6.07) is 13.3. The maximum Gasteiger partial charge on any atom is 0.327 e. The first-order chi connectivity index (χ1) is 12.1. The Morgan fingerprint density at radius 2 is 1.84 bits per heavy atom. The molecule has 7 heteroatoms. The molecular formula is C18H15NO5S. The molecule has 1 N–H and O–H groups in total. The molecule has 0 aliphatic carbocycles. The summed E-state index contributed by atoms with van der Waals surface area (Å²) in [5.74, 6) is 0.319. The van der Waals surface area contributed by atoms with Gasteiger partial charge in [0.1, 0.15) is 11.4 Å². The van der Waals surface area contributed by atoms with Gasteiger partial charge in [0.05, 0.1) is 0 Å². The van der Waals surface area contributed by atoms with Gasteiger partial charge in [0.25, 0.3) is 5.91 Å². The minimum atomic E-state index is -1.000. The van der Waals surface area contributed by atoms with Crippen LogP contribution in [0.25, 0.3) is 0 Å². The molecule has 2 unspecified atom stereocenters. The van der Waals surface area contributed by atoms with Gasteiger partial charge in [0.2, 0.25) is 6.79 Å². The second-order valence-electron chi connectivity index (χ2n) is 5.73. The summed E-state index contributed by atoms with van der Waals surface area (Å²) >= 11 is 1.44. The molecule has 25 heavy (non-hydrogen) atoms. The molecule has 1 fully saturated rings. The quantitative estimate of drug-likeness (QED) is 0.910. The van der Waals surface area contributed by atoms with E-state index in [1.165, 1.54) is 16.7 Å². The second-order valence-corrected chi connectivity index (χ2v) is 6.84. The monoisotopic (exact) mass is 357 g/mol. The van der Waals surface area contributed by atoms with E-state index in [4.69, 9.17) is 9.47 Å². The maximum absolute atomic E-state index is 13.0. The topological polar surface area (TPSA) is 76.1 Å². The van der Waals surface area contributed by atoms with E-state index >= 15 is 0 Å². The number of aliphatic carboxylic acids is 1. The van der Waals surface area contributed by atoms with Crippen molar-refractivity contribution in [1.29, 1.82) is 0 Å². The molecule has 0 saturated carbocycles. The highest BCUT2D eigenvalue weighted by Gasteiger charge is 2.43. The third-order valence-corrected chi connectivity index (χ3v) is 5.55. The van der Waals surface area contributed by atoms with Crippen LogP contribution < -0.4 is 9.47 Å². The molecule has 128 valence electrons. The van der Waals surface area contributed by atoms with Crippen LogP contribution in [0.1, 0.15) is 21.3 Å². The summed E-state index contributed by atoms with van der Waals surface area (Å²) in [6.45, 7) is 0.168. The van der Waals surface area contributed by atoms with Crippen molar-refractivity contribution in [3.05, 3.63) is 59.7 Å². The van der Waals surface area contributed by atoms with Crippen molar-refractivity contribution in [2.75, 3.05) is 12.5 Å². The van der Waals surface area contributed by atoms with E-state index in [2.05, 4.69) is 0 Å². The smallest absolute Gasteiger partial charge is 0.327 e. The van der Waals surface area contributed by atoms with Gasteiger partial charge in [0.15, 0.2) is 11.5 Å². The number of carboxylic acid groups (broad SMARTS) is 1. The van der Waals surface area contributed by atoms with E-state index in [0.717, 1.165) is 5.56 Å². The lowest BCUT2D eigenvalue weighted by atomic mass is 10.1. The number of rotatable bonds is 3. The lowest BCUT2D eigenvalue weighted by Gasteiger charge is -2.27. The number of carbonyl (C=O) groups excluding carboxylic acids is 1. The van der Waals surface area contributed by atoms with E-state index in [1.807, 2.05) is 18.2 Å². The molecule has 1 saturated heterocycles. The molecule has 2 atom stereocenters. The lowest BCUT2D eigenvalue weighted by Crippen LogP contribution is -2.42. The van der Waals surface area contributed by atoms with Gasteiger partial charge in [-0.15, -0.1) is 11.8 Å². The van der Waals surface area contributed by atoms with Crippen molar-refractivity contribution in [3.63, 3.8) is 0 Å². The summed E-state index contributed by atoms with van der Waals surface area (Å²) in [6.07, 6.45) is 0. The molecule has 2 heterocycles. The largest absolute Gasteiger partial charge is 0.480 e. The van der Waals surface area contributed by atoms with Crippen LogP contribution in [0.15, 0.2) is 48.5 Å². The van der Waals surface area contributed by atoms with Crippen molar-refractivity contribution in [2.45, 2.75) is 11.4 Å². The fourth-order valence-corrected chi connectivity index (χ4v) is 4.41. The Morgan fingerprint density at radius 1 is 1.08 bits per heavy atom. The summed E-state index contributed by atoms with van der Waals surface area (Å²) in [5, 5.41) is 9.16. The maximum atomic E-state index is 13.0. The number of carboxylic acids is 1. The van der Waals surface area contributed by atoms with E-state index in [1.54, 1.807) is 30.3 Å². The van der Waals surface area contributed by atoms with Crippen LogP contribution >= 0.6 is 11.8 Å². The summed E-state index contributed by atoms with van der Waals surface area (Å²) in [5.41, 5.74) is 1.30. The summed E-state index contributed by atoms with van der Waals surface area (Å²) < 4.78 is 10.7. The normalized spacial score (nSPS) is 21.4. The second kappa shape index (κ2) is 6.33. The molecule has 2 aliphatic rings. The van der Waals surface area contributed by atoms with Gasteiger partial charge in [-0.1, -0.05) is 24.3 Å². The average molecular weight is 357 g/mol. The molecule has 0 spiro atoms. The van der Waals surface area contributed by atoms with Crippen LogP contribution in [0.3, 0.4) is 0 Å². The highest BCUT2D eigenvalue weighted by atomic mass is 32.2. The van der Waals surface area contributed by atoms with Gasteiger partial charge < -0.3 is 19.5 Å². The fourth-order valence-electron chi connectivity index (χ4n) is 3.00. The van der Waals surface area contributed by atoms with Crippen molar-refractivity contribution >= 4 is 23.6 Å². The van der Waals surface area contributed by atoms with Crippen molar-refractivity contribution < 1.29 is 24.2 Å². The number of carbonyl (C=O) groups is 2. The zero-order chi connectivity index (χ0) is 17.4. The fraction of sp³-hybridized carbons (Fsp3) is 0.222. The van der Waals surface area contributed by atoms with E-state index in [-0.39, 0.29) is 18.1 Å². The predicted molar refractivity (Wildman–Crippen MR) is 91.8 cm³/mol. The number of ether oxygens (including phenoxy) is 2. The average Bonchev–Trinajstić information content (AvgIpc) is 3.27. The molecule has 2 aromatic rings. The van der Waals surface area contributed by atoms with E-state index in [9.17, 15) is 14.7 Å². The Kier molecular flexibility index (Phi) is 4.01. The highest BCUT2D eigenvalue weighted by Crippen LogP contribution is 2.45. The van der Waals surface area contributed by atoms with E-state index < -0.39 is 12.0 Å². The molecule has 2 aromatic carbocycles. The highest BCUT2D eigenvalue weighted by molar-refractivity contribution is 7.99. The minimum Gasteiger partial charge on any atom is -0.480 e. The van der Waals surface area contributed by atoms with Crippen molar-refractivity contribution in [2.24, 2.45) is 0 Å². The number of fused-ring (bicyclic) bond motifs is 1. The standard InChI is InChI=1S/C18H15NO5S/c20-16(11-4-2-1-3-5-11)19-13(18(21)22)9-25-17(19)12-6-7-14-15(8-12)24-10-23-14/h1-8,13,17H,9-10H2,(H,21,22). The van der Waals surface area contributed by atoms with Crippen LogP contribution in [-0.2, 0) is 4.79 Å². The molecule has 2 aliphatic heterocycles. The predicted octanol–water partition coefficient (Wildman–Crippen LogP) is 2.76. The third-order valence-electron chi connectivity index (χ3n) is 4.22. The molecule has 1 amide bonds. The van der Waals surface area contributed by atoms with Crippen LogP contribution in [-0.4, -0.2) is 40.5 Å². The first-order valence-corrected chi connectivity index (χ1v) is 8.81. The first-order valence-electron chi connectivity index (χ1n) is 7.77. The SMILES string of the molecule is O=C(O)C1CSC(c2ccc3c(c2)OCO3)N1C(=O)c1ccccc1. The van der Waals surface area contributed by atoms with Gasteiger partial charge in [0, 0.05) is 11.3 Å². The number of hydrogen-bond acceptors (Lipinski definition) is 5. The van der Waals surface area contributed by atoms with Crippen LogP contribution in [0.5, 0.6) is 11.5 Å². The molecule has 6 nitrogen and oxygen atoms in total. The Balaban J connectivity index is 1.71. The number of benzene rings is 2. The van der Waals surface area contributed by atoms with Crippen molar-refractivity contribution in [3.8, 4) is 11.5 Å². The Bertz CT molecular complexity index is 825. The Hall–Kier alpha value is -2.67. The summed E-state index contributed by atoms with van der Waals surface area (Å²) in [4.78, 5) is 26.1. The van der Waals surface area contributed by atoms with Gasteiger partial charge in [-0.05, 0) is 29.8 Å². The molecular weight excluding hydrogens is 342 g/mol. The minimum absolute atomic E-state index is 0.168. The number of hydrogen-bond donors (Lipinski definition) is 1. The van der Waals surface area contributed by atoms with Crippen LogP contribution in [0, 0.1) is 0 Å². The number of nitrogens with zero attached hydrogens (tertiary/aromatic N) is 1. The third kappa shape index (κ3) is 2.80. The van der Waals surface area contributed by atoms with Gasteiger partial charge in [-0.3, -0.25) is 4.79 Å². The molecule has 0 aromatic heterocycles. The number of amides is 1. The van der Waals surface area contributed by atoms with Gasteiger partial charge >= 0.3 is 5.97 Å². The van der Waals surface area contributed by atoms with E-state index in [0.29, 0.717) is 22.8 Å². The summed E-state index contributed by atoms with van der Waals surface area (Å²) in [7, 11) is 0. The molecule has 0 radical (unpaired) electrons. The first kappa shape index (κ1) is 15.8. The zero-order valence-electron chi connectivity index (χ0n) is 13.1. The number of thioether (sulfide) groups is 1. The zero-order valence-corrected chi connectivity index (χ0v) is 13.9. The Morgan fingerprint density at radius 3 is 2.60 bits per heavy atom. The lowest BCUT2D eigenvalue weighted by molar-refractivity contribution is -0.141. The molecule has 0 bridgehead atoms. The van der Waals surface area contributed by atoms with Crippen LogP contribution in [0.2, 0.25) is 0 Å². The van der Waals surface area contributed by atoms with Crippen molar-refractivity contribution in [1.82, 2.24) is 4.90 Å². The van der Waals surface area contributed by atoms with Crippen LogP contribution in [0.4, 0.5) is 0 Å².